The molecule has 2 N–H and O–H groups in total. The summed E-state index contributed by atoms with van der Waals surface area (Å²) in [6, 6.07) is 0. The molecule has 5 heteroatoms. The second-order valence-electron chi connectivity index (χ2n) is 8.11. The van der Waals surface area contributed by atoms with Crippen molar-refractivity contribution in [3.05, 3.63) is 12.2 Å². The van der Waals surface area contributed by atoms with E-state index < -0.39 is 11.9 Å². The van der Waals surface area contributed by atoms with Gasteiger partial charge in [-0.1, -0.05) is 25.5 Å². The molecular formula is C21H34O5. The van der Waals surface area contributed by atoms with Crippen molar-refractivity contribution in [2.45, 2.75) is 64.7 Å². The normalized spacial score (nSPS) is 29.0. The fourth-order valence-electron chi connectivity index (χ4n) is 4.71. The van der Waals surface area contributed by atoms with Gasteiger partial charge in [0.05, 0.1) is 19.4 Å². The Morgan fingerprint density at radius 3 is 2.73 bits per heavy atom. The molecule has 2 aliphatic carbocycles. The zero-order valence-corrected chi connectivity index (χ0v) is 15.9. The number of carboxylic acids is 1. The van der Waals surface area contributed by atoms with Gasteiger partial charge in [-0.05, 0) is 68.1 Å². The highest BCUT2D eigenvalue weighted by molar-refractivity contribution is 5.76. The lowest BCUT2D eigenvalue weighted by Crippen LogP contribution is -2.38. The van der Waals surface area contributed by atoms with Crippen molar-refractivity contribution in [1.29, 1.82) is 0 Å². The van der Waals surface area contributed by atoms with Crippen LogP contribution in [0.3, 0.4) is 0 Å². The molecule has 0 heterocycles. The van der Waals surface area contributed by atoms with E-state index in [2.05, 4.69) is 19.1 Å². The lowest BCUT2D eigenvalue weighted by atomic mass is 9.62. The number of esters is 1. The first kappa shape index (κ1) is 20.9. The molecule has 0 aromatic rings. The Labute approximate surface area is 156 Å². The summed E-state index contributed by atoms with van der Waals surface area (Å²) in [5.74, 6) is 1.39. The van der Waals surface area contributed by atoms with Crippen molar-refractivity contribution < 1.29 is 24.5 Å². The molecule has 0 spiro atoms. The average Bonchev–Trinajstić information content (AvgIpc) is 2.63. The summed E-state index contributed by atoms with van der Waals surface area (Å²) in [6.07, 6.45) is 12.1. The molecule has 0 bridgehead atoms. The quantitative estimate of drug-likeness (QED) is 0.454. The van der Waals surface area contributed by atoms with Gasteiger partial charge in [0, 0.05) is 6.61 Å². The minimum Gasteiger partial charge on any atom is -0.481 e. The smallest absolute Gasteiger partial charge is 0.306 e. The minimum absolute atomic E-state index is 0.0466. The molecule has 0 radical (unpaired) electrons. The summed E-state index contributed by atoms with van der Waals surface area (Å²) in [7, 11) is 0. The molecule has 0 saturated heterocycles. The number of carbonyl (C=O) groups excluding carboxylic acids is 1. The first-order chi connectivity index (χ1) is 12.5. The molecule has 1 fully saturated rings. The van der Waals surface area contributed by atoms with Crippen LogP contribution in [0.1, 0.15) is 64.7 Å². The van der Waals surface area contributed by atoms with E-state index in [0.717, 1.165) is 38.5 Å². The Kier molecular flexibility index (Phi) is 8.63. The van der Waals surface area contributed by atoms with E-state index in [1.807, 2.05) is 0 Å². The monoisotopic (exact) mass is 366 g/mol. The molecule has 2 aliphatic rings. The number of allylic oxidation sites excluding steroid dienone is 2. The second-order valence-corrected chi connectivity index (χ2v) is 8.11. The number of aliphatic hydroxyl groups excluding tert-OH is 1. The molecule has 2 unspecified atom stereocenters. The highest BCUT2D eigenvalue weighted by Crippen LogP contribution is 2.46. The summed E-state index contributed by atoms with van der Waals surface area (Å²) in [5.41, 5.74) is 0. The van der Waals surface area contributed by atoms with Crippen LogP contribution in [0, 0.1) is 29.6 Å². The van der Waals surface area contributed by atoms with Crippen LogP contribution in [0.4, 0.5) is 0 Å². The van der Waals surface area contributed by atoms with E-state index in [0.29, 0.717) is 36.2 Å². The van der Waals surface area contributed by atoms with Gasteiger partial charge >= 0.3 is 11.9 Å². The molecule has 0 amide bonds. The van der Waals surface area contributed by atoms with Gasteiger partial charge in [0.2, 0.25) is 0 Å². The Morgan fingerprint density at radius 2 is 2.00 bits per heavy atom. The van der Waals surface area contributed by atoms with Crippen molar-refractivity contribution in [1.82, 2.24) is 0 Å². The standard InChI is InChI=1S/C21H34O5/c1-15(12-13-22)6-9-19-17(14-26-21(25)11-10-20(23)24)8-7-16-4-2-3-5-18(16)19/h2,4,15-19,22H,3,5-14H2,1H3,(H,23,24)/t15?,16?,17-,18-,19-/m0/s1. The third-order valence-corrected chi connectivity index (χ3v) is 6.24. The van der Waals surface area contributed by atoms with Crippen LogP contribution in [-0.2, 0) is 14.3 Å². The summed E-state index contributed by atoms with van der Waals surface area (Å²) in [5, 5.41) is 17.8. The number of rotatable bonds is 10. The van der Waals surface area contributed by atoms with Gasteiger partial charge in [0.1, 0.15) is 0 Å². The summed E-state index contributed by atoms with van der Waals surface area (Å²) in [6.45, 7) is 2.86. The molecule has 0 aromatic heterocycles. The SMILES string of the molecule is CC(CCO)CC[C@H]1[C@H](COC(=O)CCC(=O)O)CCC2C=CCC[C@@H]21. The topological polar surface area (TPSA) is 83.8 Å². The zero-order valence-electron chi connectivity index (χ0n) is 15.9. The van der Waals surface area contributed by atoms with Gasteiger partial charge in [-0.2, -0.15) is 0 Å². The third-order valence-electron chi connectivity index (χ3n) is 6.24. The number of aliphatic hydroxyl groups is 1. The van der Waals surface area contributed by atoms with Crippen LogP contribution in [0.25, 0.3) is 0 Å². The van der Waals surface area contributed by atoms with E-state index in [-0.39, 0.29) is 19.4 Å². The highest BCUT2D eigenvalue weighted by atomic mass is 16.5. The van der Waals surface area contributed by atoms with Crippen LogP contribution in [-0.4, -0.2) is 35.4 Å². The van der Waals surface area contributed by atoms with E-state index in [1.165, 1.54) is 6.42 Å². The molecule has 148 valence electrons. The minimum atomic E-state index is -0.966. The zero-order chi connectivity index (χ0) is 18.9. The first-order valence-electron chi connectivity index (χ1n) is 10.2. The molecule has 5 atom stereocenters. The van der Waals surface area contributed by atoms with Gasteiger partial charge in [-0.25, -0.2) is 0 Å². The van der Waals surface area contributed by atoms with Crippen LogP contribution in [0.5, 0.6) is 0 Å². The molecule has 0 aliphatic heterocycles. The predicted octanol–water partition coefficient (Wildman–Crippen LogP) is 3.80. The van der Waals surface area contributed by atoms with Gasteiger partial charge in [-0.3, -0.25) is 9.59 Å². The van der Waals surface area contributed by atoms with Crippen LogP contribution in [0.15, 0.2) is 12.2 Å². The van der Waals surface area contributed by atoms with Crippen molar-refractivity contribution in [3.63, 3.8) is 0 Å². The molecule has 2 rings (SSSR count). The van der Waals surface area contributed by atoms with E-state index in [1.54, 1.807) is 0 Å². The number of hydrogen-bond donors (Lipinski definition) is 2. The maximum atomic E-state index is 11.8. The van der Waals surface area contributed by atoms with E-state index in [9.17, 15) is 9.59 Å². The maximum Gasteiger partial charge on any atom is 0.306 e. The fraction of sp³-hybridized carbons (Fsp3) is 0.810. The average molecular weight is 366 g/mol. The van der Waals surface area contributed by atoms with Crippen molar-refractivity contribution in [2.75, 3.05) is 13.2 Å². The molecular weight excluding hydrogens is 332 g/mol. The Morgan fingerprint density at radius 1 is 1.19 bits per heavy atom. The fourth-order valence-corrected chi connectivity index (χ4v) is 4.71. The van der Waals surface area contributed by atoms with Gasteiger partial charge in [0.25, 0.3) is 0 Å². The van der Waals surface area contributed by atoms with Gasteiger partial charge in [0.15, 0.2) is 0 Å². The van der Waals surface area contributed by atoms with Crippen LogP contribution >= 0.6 is 0 Å². The Hall–Kier alpha value is -1.36. The van der Waals surface area contributed by atoms with E-state index in [4.69, 9.17) is 14.9 Å². The van der Waals surface area contributed by atoms with Gasteiger partial charge in [-0.15, -0.1) is 0 Å². The Bertz CT molecular complexity index is 487. The van der Waals surface area contributed by atoms with Crippen LogP contribution in [0.2, 0.25) is 0 Å². The second kappa shape index (κ2) is 10.7. The lowest BCUT2D eigenvalue weighted by molar-refractivity contribution is -0.150. The van der Waals surface area contributed by atoms with Gasteiger partial charge < -0.3 is 14.9 Å². The Balaban J connectivity index is 1.92. The molecule has 0 aromatic carbocycles. The molecule has 1 saturated carbocycles. The number of aliphatic carboxylic acids is 1. The summed E-state index contributed by atoms with van der Waals surface area (Å²) < 4.78 is 5.44. The summed E-state index contributed by atoms with van der Waals surface area (Å²) in [4.78, 5) is 22.4. The van der Waals surface area contributed by atoms with Crippen molar-refractivity contribution >= 4 is 11.9 Å². The number of fused-ring (bicyclic) bond motifs is 1. The largest absolute Gasteiger partial charge is 0.481 e. The lowest BCUT2D eigenvalue weighted by Gasteiger charge is -2.44. The number of hydrogen-bond acceptors (Lipinski definition) is 4. The summed E-state index contributed by atoms with van der Waals surface area (Å²) >= 11 is 0. The predicted molar refractivity (Wildman–Crippen MR) is 99.5 cm³/mol. The maximum absolute atomic E-state index is 11.8. The molecule has 26 heavy (non-hydrogen) atoms. The van der Waals surface area contributed by atoms with Crippen molar-refractivity contribution in [2.24, 2.45) is 29.6 Å². The van der Waals surface area contributed by atoms with Crippen LogP contribution < -0.4 is 0 Å². The van der Waals surface area contributed by atoms with E-state index >= 15 is 0 Å². The first-order valence-corrected chi connectivity index (χ1v) is 10.2. The number of carbonyl (C=O) groups is 2. The third kappa shape index (κ3) is 6.42. The number of ether oxygens (including phenoxy) is 1. The number of carboxylic acid groups (broad SMARTS) is 1. The van der Waals surface area contributed by atoms with Crippen molar-refractivity contribution in [3.8, 4) is 0 Å². The molecule has 5 nitrogen and oxygen atoms in total. The highest BCUT2D eigenvalue weighted by Gasteiger charge is 2.39.